The van der Waals surface area contributed by atoms with Crippen molar-refractivity contribution < 1.29 is 14.6 Å². The molecule has 3 nitrogen and oxygen atoms in total. The third kappa shape index (κ3) is 2.47. The molecule has 1 rings (SSSR count). The van der Waals surface area contributed by atoms with E-state index in [1.54, 1.807) is 0 Å². The van der Waals surface area contributed by atoms with Gasteiger partial charge in [-0.15, -0.1) is 0 Å². The lowest BCUT2D eigenvalue weighted by molar-refractivity contribution is -0.0499. The molecule has 0 fully saturated rings. The molecule has 0 saturated heterocycles. The lowest BCUT2D eigenvalue weighted by Gasteiger charge is -2.24. The average molecular weight is 185 g/mol. The molecule has 1 unspecified atom stereocenters. The second kappa shape index (κ2) is 3.40. The van der Waals surface area contributed by atoms with Crippen LogP contribution in [0.1, 0.15) is 25.5 Å². The number of aliphatic hydroxyl groups is 2. The minimum absolute atomic E-state index is 0.271. The molecule has 1 heterocycles. The summed E-state index contributed by atoms with van der Waals surface area (Å²) in [6.45, 7) is 2.89. The first-order chi connectivity index (χ1) is 5.91. The smallest absolute Gasteiger partial charge is 0.141 e. The minimum atomic E-state index is -1.30. The van der Waals surface area contributed by atoms with Gasteiger partial charge < -0.3 is 10.2 Å². The van der Waals surface area contributed by atoms with Crippen LogP contribution in [0, 0.1) is 5.82 Å². The molecule has 0 aliphatic carbocycles. The number of rotatable bonds is 2. The van der Waals surface area contributed by atoms with Gasteiger partial charge in [-0.05, 0) is 19.9 Å². The first-order valence-corrected chi connectivity index (χ1v) is 3.92. The first-order valence-electron chi connectivity index (χ1n) is 3.92. The van der Waals surface area contributed by atoms with Gasteiger partial charge in [0, 0.05) is 11.8 Å². The molecule has 0 aromatic carbocycles. The van der Waals surface area contributed by atoms with Gasteiger partial charge in [0.2, 0.25) is 0 Å². The zero-order valence-electron chi connectivity index (χ0n) is 7.53. The van der Waals surface area contributed by atoms with Crippen molar-refractivity contribution in [2.45, 2.75) is 25.6 Å². The Kier molecular flexibility index (Phi) is 2.63. The Morgan fingerprint density at radius 3 is 2.54 bits per heavy atom. The molecule has 0 spiro atoms. The summed E-state index contributed by atoms with van der Waals surface area (Å²) >= 11 is 0. The predicted octanol–water partition coefficient (Wildman–Crippen LogP) is 1.02. The van der Waals surface area contributed by atoms with Crippen molar-refractivity contribution in [2.24, 2.45) is 0 Å². The fourth-order valence-electron chi connectivity index (χ4n) is 0.986. The van der Waals surface area contributed by atoms with Gasteiger partial charge >= 0.3 is 0 Å². The van der Waals surface area contributed by atoms with Crippen LogP contribution < -0.4 is 0 Å². The van der Waals surface area contributed by atoms with Crippen LogP contribution in [0.3, 0.4) is 0 Å². The molecule has 1 aromatic rings. The van der Waals surface area contributed by atoms with E-state index >= 15 is 0 Å². The van der Waals surface area contributed by atoms with Gasteiger partial charge in [0.15, 0.2) is 0 Å². The summed E-state index contributed by atoms with van der Waals surface area (Å²) in [5, 5.41) is 19.0. The van der Waals surface area contributed by atoms with Crippen LogP contribution in [-0.2, 0) is 0 Å². The van der Waals surface area contributed by atoms with Crippen molar-refractivity contribution in [3.63, 3.8) is 0 Å². The van der Waals surface area contributed by atoms with Crippen molar-refractivity contribution >= 4 is 0 Å². The molecule has 4 heteroatoms. The Bertz CT molecular complexity index is 296. The Morgan fingerprint density at radius 1 is 1.46 bits per heavy atom. The van der Waals surface area contributed by atoms with Crippen molar-refractivity contribution in [1.82, 2.24) is 4.98 Å². The number of hydrogen-bond acceptors (Lipinski definition) is 3. The molecule has 13 heavy (non-hydrogen) atoms. The SMILES string of the molecule is CC(C)(O)C(O)c1cncc(F)c1. The lowest BCUT2D eigenvalue weighted by Crippen LogP contribution is -2.28. The van der Waals surface area contributed by atoms with Crippen molar-refractivity contribution in [2.75, 3.05) is 0 Å². The van der Waals surface area contributed by atoms with Crippen LogP contribution in [0.4, 0.5) is 4.39 Å². The fraction of sp³-hybridized carbons (Fsp3) is 0.444. The van der Waals surface area contributed by atoms with Gasteiger partial charge in [0.25, 0.3) is 0 Å². The number of nitrogens with zero attached hydrogens (tertiary/aromatic N) is 1. The van der Waals surface area contributed by atoms with E-state index in [1.807, 2.05) is 0 Å². The Morgan fingerprint density at radius 2 is 2.08 bits per heavy atom. The molecule has 1 aromatic heterocycles. The molecule has 0 bridgehead atoms. The summed E-state index contributed by atoms with van der Waals surface area (Å²) < 4.78 is 12.7. The third-order valence-electron chi connectivity index (χ3n) is 1.71. The number of halogens is 1. The molecule has 0 amide bonds. The number of hydrogen-bond donors (Lipinski definition) is 2. The van der Waals surface area contributed by atoms with Crippen LogP contribution in [0.25, 0.3) is 0 Å². The van der Waals surface area contributed by atoms with E-state index in [1.165, 1.54) is 20.0 Å². The third-order valence-corrected chi connectivity index (χ3v) is 1.71. The van der Waals surface area contributed by atoms with E-state index < -0.39 is 17.5 Å². The summed E-state index contributed by atoms with van der Waals surface area (Å²) in [5.74, 6) is -0.527. The Hall–Kier alpha value is -1.00. The maximum absolute atomic E-state index is 12.7. The summed E-state index contributed by atoms with van der Waals surface area (Å²) in [6, 6.07) is 1.15. The summed E-state index contributed by atoms with van der Waals surface area (Å²) in [5.41, 5.74) is -1.03. The topological polar surface area (TPSA) is 53.4 Å². The lowest BCUT2D eigenvalue weighted by atomic mass is 9.96. The van der Waals surface area contributed by atoms with Crippen molar-refractivity contribution in [3.8, 4) is 0 Å². The van der Waals surface area contributed by atoms with E-state index in [9.17, 15) is 14.6 Å². The first kappa shape index (κ1) is 10.1. The molecule has 0 aliphatic heterocycles. The largest absolute Gasteiger partial charge is 0.387 e. The maximum Gasteiger partial charge on any atom is 0.141 e. The minimum Gasteiger partial charge on any atom is -0.387 e. The normalized spacial score (nSPS) is 14.2. The molecule has 72 valence electrons. The van der Waals surface area contributed by atoms with Crippen molar-refractivity contribution in [3.05, 3.63) is 29.8 Å². The van der Waals surface area contributed by atoms with Gasteiger partial charge in [-0.25, -0.2) is 4.39 Å². The molecular weight excluding hydrogens is 173 g/mol. The van der Waals surface area contributed by atoms with Gasteiger partial charge in [0.05, 0.1) is 11.8 Å². The molecular formula is C9H12FNO2. The highest BCUT2D eigenvalue weighted by Gasteiger charge is 2.26. The van der Waals surface area contributed by atoms with Crippen LogP contribution in [0.15, 0.2) is 18.5 Å². The number of aliphatic hydroxyl groups excluding tert-OH is 1. The monoisotopic (exact) mass is 185 g/mol. The van der Waals surface area contributed by atoms with Crippen LogP contribution in [0.2, 0.25) is 0 Å². The van der Waals surface area contributed by atoms with E-state index in [0.717, 1.165) is 12.3 Å². The van der Waals surface area contributed by atoms with Crippen LogP contribution >= 0.6 is 0 Å². The second-order valence-electron chi connectivity index (χ2n) is 3.49. The fourth-order valence-corrected chi connectivity index (χ4v) is 0.986. The van der Waals surface area contributed by atoms with E-state index in [4.69, 9.17) is 0 Å². The van der Waals surface area contributed by atoms with Gasteiger partial charge in [-0.2, -0.15) is 0 Å². The summed E-state index contributed by atoms with van der Waals surface area (Å²) in [7, 11) is 0. The highest BCUT2D eigenvalue weighted by Crippen LogP contribution is 2.24. The van der Waals surface area contributed by atoms with E-state index in [0.29, 0.717) is 0 Å². The molecule has 1 atom stereocenters. The van der Waals surface area contributed by atoms with E-state index in [2.05, 4.69) is 4.98 Å². The summed E-state index contributed by atoms with van der Waals surface area (Å²) in [4.78, 5) is 3.57. The highest BCUT2D eigenvalue weighted by atomic mass is 19.1. The molecule has 2 N–H and O–H groups in total. The van der Waals surface area contributed by atoms with Crippen LogP contribution in [-0.4, -0.2) is 20.8 Å². The quantitative estimate of drug-likeness (QED) is 0.723. The number of pyridine rings is 1. The Balaban J connectivity index is 2.96. The van der Waals surface area contributed by atoms with E-state index in [-0.39, 0.29) is 5.56 Å². The maximum atomic E-state index is 12.7. The summed E-state index contributed by atoms with van der Waals surface area (Å²) in [6.07, 6.45) is 1.24. The predicted molar refractivity (Wildman–Crippen MR) is 45.5 cm³/mol. The van der Waals surface area contributed by atoms with Crippen LogP contribution in [0.5, 0.6) is 0 Å². The average Bonchev–Trinajstić information content (AvgIpc) is 2.01. The number of aromatic nitrogens is 1. The zero-order valence-corrected chi connectivity index (χ0v) is 7.53. The molecule has 0 radical (unpaired) electrons. The molecule has 0 saturated carbocycles. The van der Waals surface area contributed by atoms with Gasteiger partial charge in [-0.1, -0.05) is 0 Å². The standard InChI is InChI=1S/C9H12FNO2/c1-9(2,13)8(12)6-3-7(10)5-11-4-6/h3-5,8,12-13H,1-2H3. The highest BCUT2D eigenvalue weighted by molar-refractivity contribution is 5.15. The van der Waals surface area contributed by atoms with Crippen molar-refractivity contribution in [1.29, 1.82) is 0 Å². The molecule has 0 aliphatic rings. The van der Waals surface area contributed by atoms with Gasteiger partial charge in [0.1, 0.15) is 11.9 Å². The Labute approximate surface area is 75.9 Å². The van der Waals surface area contributed by atoms with Gasteiger partial charge in [-0.3, -0.25) is 4.98 Å². The second-order valence-corrected chi connectivity index (χ2v) is 3.49. The zero-order chi connectivity index (χ0) is 10.1.